The topological polar surface area (TPSA) is 46.6 Å². The maximum absolute atomic E-state index is 13.4. The summed E-state index contributed by atoms with van der Waals surface area (Å²) < 4.78 is 18.9. The van der Waals surface area contributed by atoms with E-state index in [1.54, 1.807) is 38.4 Å². The quantitative estimate of drug-likeness (QED) is 0.798. The number of carbonyl (C=O) groups is 2. The molecule has 4 nitrogen and oxygen atoms in total. The van der Waals surface area contributed by atoms with Gasteiger partial charge >= 0.3 is 0 Å². The van der Waals surface area contributed by atoms with Crippen LogP contribution >= 0.6 is 0 Å². The summed E-state index contributed by atoms with van der Waals surface area (Å²) in [6.45, 7) is 0.246. The van der Waals surface area contributed by atoms with Crippen molar-refractivity contribution in [1.29, 1.82) is 0 Å². The smallest absolute Gasteiger partial charge is 0.253 e. The van der Waals surface area contributed by atoms with Gasteiger partial charge in [0, 0.05) is 25.7 Å². The zero-order valence-corrected chi connectivity index (χ0v) is 12.4. The summed E-state index contributed by atoms with van der Waals surface area (Å²) in [6, 6.07) is 11.1. The van der Waals surface area contributed by atoms with Crippen LogP contribution in [0.5, 0.6) is 5.75 Å². The number of rotatable bonds is 5. The molecule has 114 valence electrons. The van der Waals surface area contributed by atoms with E-state index < -0.39 is 5.82 Å². The fraction of sp³-hybridized carbons (Fsp3) is 0.176. The first-order valence-corrected chi connectivity index (χ1v) is 6.69. The Morgan fingerprint density at radius 3 is 2.41 bits per heavy atom. The van der Waals surface area contributed by atoms with E-state index >= 15 is 0 Å². The Bertz CT molecular complexity index is 681. The fourth-order valence-electron chi connectivity index (χ4n) is 1.86. The van der Waals surface area contributed by atoms with Crippen LogP contribution in [0.15, 0.2) is 42.5 Å². The number of carbonyl (C=O) groups excluding carboxylic acids is 2. The van der Waals surface area contributed by atoms with E-state index in [0.717, 1.165) is 5.56 Å². The number of ether oxygens (including phenoxy) is 1. The zero-order chi connectivity index (χ0) is 16.1. The van der Waals surface area contributed by atoms with E-state index in [0.29, 0.717) is 17.6 Å². The molecule has 0 N–H and O–H groups in total. The molecule has 0 spiro atoms. The summed E-state index contributed by atoms with van der Waals surface area (Å²) in [5.74, 6) is -0.338. The number of aldehydes is 1. The Morgan fingerprint density at radius 2 is 1.86 bits per heavy atom. The normalized spacial score (nSPS) is 10.1. The summed E-state index contributed by atoms with van der Waals surface area (Å²) in [4.78, 5) is 23.8. The Balaban J connectivity index is 2.01. The van der Waals surface area contributed by atoms with E-state index in [4.69, 9.17) is 4.74 Å². The maximum Gasteiger partial charge on any atom is 0.253 e. The van der Waals surface area contributed by atoms with E-state index in [1.807, 2.05) is 0 Å². The van der Waals surface area contributed by atoms with Crippen LogP contribution in [-0.4, -0.2) is 31.2 Å². The molecular formula is C17H16FNO3. The molecule has 2 aromatic rings. The van der Waals surface area contributed by atoms with Crippen LogP contribution < -0.4 is 4.74 Å². The molecule has 0 unspecified atom stereocenters. The molecule has 0 saturated heterocycles. The predicted molar refractivity (Wildman–Crippen MR) is 80.6 cm³/mol. The summed E-state index contributed by atoms with van der Waals surface area (Å²) >= 11 is 0. The van der Waals surface area contributed by atoms with Crippen LogP contribution in [0.2, 0.25) is 0 Å². The van der Waals surface area contributed by atoms with Gasteiger partial charge in [0.2, 0.25) is 0 Å². The highest BCUT2D eigenvalue weighted by molar-refractivity contribution is 5.93. The fourth-order valence-corrected chi connectivity index (χ4v) is 1.86. The Hall–Kier alpha value is -2.69. The van der Waals surface area contributed by atoms with Crippen molar-refractivity contribution in [3.63, 3.8) is 0 Å². The molecule has 0 aliphatic rings. The van der Waals surface area contributed by atoms with E-state index in [9.17, 15) is 14.0 Å². The largest absolute Gasteiger partial charge is 0.489 e. The molecule has 0 saturated carbocycles. The minimum Gasteiger partial charge on any atom is -0.489 e. The highest BCUT2D eigenvalue weighted by atomic mass is 19.1. The molecule has 0 bridgehead atoms. The second-order valence-corrected chi connectivity index (χ2v) is 4.99. The molecule has 0 atom stereocenters. The SMILES string of the molecule is CN(C)C(=O)c1ccc(COc2ccc(C=O)c(F)c2)cc1. The van der Waals surface area contributed by atoms with Crippen molar-refractivity contribution in [1.82, 2.24) is 4.90 Å². The third-order valence-electron chi connectivity index (χ3n) is 3.11. The summed E-state index contributed by atoms with van der Waals surface area (Å²) in [6.07, 6.45) is 0.458. The summed E-state index contributed by atoms with van der Waals surface area (Å²) in [5.41, 5.74) is 1.45. The van der Waals surface area contributed by atoms with Crippen LogP contribution in [-0.2, 0) is 6.61 Å². The van der Waals surface area contributed by atoms with Gasteiger partial charge in [-0.25, -0.2) is 4.39 Å². The van der Waals surface area contributed by atoms with Crippen molar-refractivity contribution < 1.29 is 18.7 Å². The van der Waals surface area contributed by atoms with Crippen LogP contribution in [0.3, 0.4) is 0 Å². The van der Waals surface area contributed by atoms with Gasteiger partial charge in [-0.3, -0.25) is 9.59 Å². The minimum atomic E-state index is -0.612. The van der Waals surface area contributed by atoms with Crippen molar-refractivity contribution in [3.8, 4) is 5.75 Å². The zero-order valence-electron chi connectivity index (χ0n) is 12.4. The lowest BCUT2D eigenvalue weighted by Gasteiger charge is -2.11. The average molecular weight is 301 g/mol. The average Bonchev–Trinajstić information content (AvgIpc) is 2.52. The molecule has 2 rings (SSSR count). The predicted octanol–water partition coefficient (Wildman–Crippen LogP) is 2.92. The highest BCUT2D eigenvalue weighted by Crippen LogP contribution is 2.17. The lowest BCUT2D eigenvalue weighted by molar-refractivity contribution is 0.0827. The van der Waals surface area contributed by atoms with Gasteiger partial charge in [-0.1, -0.05) is 12.1 Å². The molecule has 1 amide bonds. The van der Waals surface area contributed by atoms with Crippen molar-refractivity contribution in [2.45, 2.75) is 6.61 Å². The highest BCUT2D eigenvalue weighted by Gasteiger charge is 2.08. The number of amides is 1. The molecule has 0 radical (unpaired) electrons. The monoisotopic (exact) mass is 301 g/mol. The van der Waals surface area contributed by atoms with Crippen molar-refractivity contribution in [3.05, 3.63) is 65.0 Å². The molecule has 22 heavy (non-hydrogen) atoms. The van der Waals surface area contributed by atoms with Gasteiger partial charge in [-0.15, -0.1) is 0 Å². The Morgan fingerprint density at radius 1 is 1.18 bits per heavy atom. The second-order valence-electron chi connectivity index (χ2n) is 4.99. The Kier molecular flexibility index (Phi) is 4.88. The van der Waals surface area contributed by atoms with Gasteiger partial charge in [0.1, 0.15) is 18.2 Å². The molecule has 0 aromatic heterocycles. The van der Waals surface area contributed by atoms with E-state index in [1.165, 1.54) is 23.1 Å². The van der Waals surface area contributed by atoms with Crippen LogP contribution in [0, 0.1) is 5.82 Å². The van der Waals surface area contributed by atoms with E-state index in [2.05, 4.69) is 0 Å². The molecule has 2 aromatic carbocycles. The molecule has 0 aliphatic heterocycles. The maximum atomic E-state index is 13.4. The number of hydrogen-bond donors (Lipinski definition) is 0. The molecule has 0 aliphatic carbocycles. The number of hydrogen-bond acceptors (Lipinski definition) is 3. The number of nitrogens with zero attached hydrogens (tertiary/aromatic N) is 1. The van der Waals surface area contributed by atoms with Crippen LogP contribution in [0.25, 0.3) is 0 Å². The first kappa shape index (κ1) is 15.7. The van der Waals surface area contributed by atoms with Crippen molar-refractivity contribution in [2.24, 2.45) is 0 Å². The van der Waals surface area contributed by atoms with Gasteiger partial charge in [0.05, 0.1) is 5.56 Å². The van der Waals surface area contributed by atoms with Gasteiger partial charge in [0.25, 0.3) is 5.91 Å². The first-order chi connectivity index (χ1) is 10.5. The third-order valence-corrected chi connectivity index (χ3v) is 3.11. The molecule has 5 heteroatoms. The lowest BCUT2D eigenvalue weighted by atomic mass is 10.1. The van der Waals surface area contributed by atoms with E-state index in [-0.39, 0.29) is 18.1 Å². The Labute approximate surface area is 128 Å². The van der Waals surface area contributed by atoms with Crippen molar-refractivity contribution >= 4 is 12.2 Å². The van der Waals surface area contributed by atoms with Gasteiger partial charge in [-0.2, -0.15) is 0 Å². The molecular weight excluding hydrogens is 285 g/mol. The second kappa shape index (κ2) is 6.85. The minimum absolute atomic E-state index is 0.00102. The molecule has 0 fully saturated rings. The number of benzene rings is 2. The lowest BCUT2D eigenvalue weighted by Crippen LogP contribution is -2.21. The van der Waals surface area contributed by atoms with Gasteiger partial charge in [-0.05, 0) is 29.8 Å². The van der Waals surface area contributed by atoms with Crippen LogP contribution in [0.1, 0.15) is 26.3 Å². The summed E-state index contributed by atoms with van der Waals surface area (Å²) in [5, 5.41) is 0. The first-order valence-electron chi connectivity index (χ1n) is 6.69. The third kappa shape index (κ3) is 3.69. The standard InChI is InChI=1S/C17H16FNO3/c1-19(2)17(21)13-5-3-12(4-6-13)11-22-15-8-7-14(10-20)16(18)9-15/h3-10H,11H2,1-2H3. The van der Waals surface area contributed by atoms with Crippen LogP contribution in [0.4, 0.5) is 4.39 Å². The molecule has 0 heterocycles. The van der Waals surface area contributed by atoms with Gasteiger partial charge in [0.15, 0.2) is 6.29 Å². The number of halogens is 1. The van der Waals surface area contributed by atoms with Gasteiger partial charge < -0.3 is 9.64 Å². The van der Waals surface area contributed by atoms with Crippen molar-refractivity contribution in [2.75, 3.05) is 14.1 Å². The summed E-state index contributed by atoms with van der Waals surface area (Å²) in [7, 11) is 3.38.